The topological polar surface area (TPSA) is 85.5 Å². The number of ether oxygens (including phenoxy) is 1. The average Bonchev–Trinajstić information content (AvgIpc) is 2.66. The van der Waals surface area contributed by atoms with Crippen LogP contribution < -0.4 is 15.4 Å². The van der Waals surface area contributed by atoms with Crippen LogP contribution in [0.15, 0.2) is 42.6 Å². The molecule has 0 bridgehead atoms. The second-order valence-corrected chi connectivity index (χ2v) is 7.51. The van der Waals surface area contributed by atoms with Gasteiger partial charge in [-0.15, -0.1) is 0 Å². The predicted molar refractivity (Wildman–Crippen MR) is 114 cm³/mol. The summed E-state index contributed by atoms with van der Waals surface area (Å²) in [5, 5.41) is -0.0275. The molecule has 12 heteroatoms. The number of carbonyl (C=O) groups excluding carboxylic acids is 2. The molecule has 0 saturated carbocycles. The number of rotatable bonds is 4. The highest BCUT2D eigenvalue weighted by Crippen LogP contribution is 2.41. The summed E-state index contributed by atoms with van der Waals surface area (Å²) in [5.41, 5.74) is 4.03. The first-order valence-electron chi connectivity index (χ1n) is 8.16. The van der Waals surface area contributed by atoms with Gasteiger partial charge in [-0.1, -0.05) is 52.5 Å². The predicted octanol–water partition coefficient (Wildman–Crippen LogP) is 6.49. The number of benzene rings is 2. The highest BCUT2D eigenvalue weighted by Gasteiger charge is 2.29. The highest BCUT2D eigenvalue weighted by atomic mass is 35.5. The van der Waals surface area contributed by atoms with E-state index >= 15 is 0 Å². The third-order valence-corrected chi connectivity index (χ3v) is 4.85. The Labute approximate surface area is 194 Å². The van der Waals surface area contributed by atoms with Crippen LogP contribution in [0.3, 0.4) is 0 Å². The molecule has 3 rings (SSSR count). The molecule has 3 amide bonds. The Balaban J connectivity index is 2.03. The number of amides is 3. The van der Waals surface area contributed by atoms with Crippen molar-refractivity contribution in [2.75, 3.05) is 4.90 Å². The zero-order valence-electron chi connectivity index (χ0n) is 15.0. The normalized spacial score (nSPS) is 10.6. The van der Waals surface area contributed by atoms with Crippen LogP contribution in [0.1, 0.15) is 10.4 Å². The van der Waals surface area contributed by atoms with Crippen molar-refractivity contribution >= 4 is 64.0 Å². The molecular weight excluding hydrogens is 498 g/mol. The van der Waals surface area contributed by atoms with Gasteiger partial charge in [0.25, 0.3) is 5.91 Å². The Morgan fingerprint density at radius 1 is 0.968 bits per heavy atom. The molecule has 0 aliphatic rings. The zero-order chi connectivity index (χ0) is 22.9. The number of nitrogens with two attached hydrogens (primary N) is 1. The van der Waals surface area contributed by atoms with Crippen LogP contribution >= 0.6 is 46.4 Å². The fraction of sp³-hybridized carbons (Fsp3) is 0. The van der Waals surface area contributed by atoms with Gasteiger partial charge in [0, 0.05) is 6.20 Å². The molecule has 0 atom stereocenters. The smallest absolute Gasteiger partial charge is 0.326 e. The highest BCUT2D eigenvalue weighted by molar-refractivity contribution is 6.38. The first-order valence-corrected chi connectivity index (χ1v) is 9.67. The molecule has 31 heavy (non-hydrogen) atoms. The second-order valence-electron chi connectivity index (χ2n) is 5.86. The average molecular weight is 507 g/mol. The number of halogens is 6. The van der Waals surface area contributed by atoms with Gasteiger partial charge in [0.05, 0.1) is 20.8 Å². The summed E-state index contributed by atoms with van der Waals surface area (Å²) in [6, 6.07) is 5.01. The van der Waals surface area contributed by atoms with Crippen molar-refractivity contribution in [3.05, 3.63) is 79.9 Å². The van der Waals surface area contributed by atoms with E-state index in [1.165, 1.54) is 12.3 Å². The largest absolute Gasteiger partial charge is 0.434 e. The number of nitrogens with zero attached hydrogens (tertiary/aromatic N) is 2. The molecule has 0 aliphatic heterocycles. The molecule has 160 valence electrons. The van der Waals surface area contributed by atoms with Gasteiger partial charge < -0.3 is 10.5 Å². The van der Waals surface area contributed by atoms with Crippen LogP contribution in [0.4, 0.5) is 19.3 Å². The number of hydrogen-bond acceptors (Lipinski definition) is 4. The Kier molecular flexibility index (Phi) is 6.86. The number of imide groups is 1. The summed E-state index contributed by atoms with van der Waals surface area (Å²) >= 11 is 24.2. The van der Waals surface area contributed by atoms with E-state index in [0.717, 1.165) is 30.3 Å². The lowest BCUT2D eigenvalue weighted by Crippen LogP contribution is -2.41. The third-order valence-electron chi connectivity index (χ3n) is 3.81. The van der Waals surface area contributed by atoms with Gasteiger partial charge in [-0.3, -0.25) is 4.79 Å². The second kappa shape index (κ2) is 9.23. The molecule has 1 aromatic heterocycles. The minimum absolute atomic E-state index is 0.0627. The lowest BCUT2D eigenvalue weighted by molar-refractivity contribution is 0.0987. The van der Waals surface area contributed by atoms with Gasteiger partial charge >= 0.3 is 6.03 Å². The number of primary amides is 1. The molecule has 0 fully saturated rings. The number of pyridine rings is 1. The molecule has 0 aliphatic carbocycles. The van der Waals surface area contributed by atoms with Gasteiger partial charge in [0.2, 0.25) is 5.88 Å². The first-order chi connectivity index (χ1) is 14.6. The number of aromatic nitrogens is 1. The van der Waals surface area contributed by atoms with E-state index in [9.17, 15) is 18.4 Å². The lowest BCUT2D eigenvalue weighted by atomic mass is 10.1. The summed E-state index contributed by atoms with van der Waals surface area (Å²) in [6.07, 6.45) is 1.27. The monoisotopic (exact) mass is 505 g/mol. The van der Waals surface area contributed by atoms with Crippen LogP contribution in [0.5, 0.6) is 11.6 Å². The molecule has 0 spiro atoms. The van der Waals surface area contributed by atoms with Gasteiger partial charge in [0.1, 0.15) is 22.2 Å². The molecule has 0 saturated heterocycles. The molecule has 2 aromatic carbocycles. The summed E-state index contributed by atoms with van der Waals surface area (Å²) < 4.78 is 33.6. The minimum atomic E-state index is -1.36. The maximum atomic E-state index is 14.0. The van der Waals surface area contributed by atoms with Crippen molar-refractivity contribution in [1.29, 1.82) is 0 Å². The third kappa shape index (κ3) is 4.83. The number of hydrogen-bond donors (Lipinski definition) is 1. The summed E-state index contributed by atoms with van der Waals surface area (Å²) in [5.74, 6) is -3.91. The van der Waals surface area contributed by atoms with E-state index in [1.54, 1.807) is 0 Å². The molecule has 1 heterocycles. The summed E-state index contributed by atoms with van der Waals surface area (Å²) in [7, 11) is 0. The van der Waals surface area contributed by atoms with E-state index in [2.05, 4.69) is 4.98 Å². The Morgan fingerprint density at radius 3 is 2.06 bits per heavy atom. The molecular formula is C19H9Cl4F2N3O3. The van der Waals surface area contributed by atoms with Crippen LogP contribution in [0.25, 0.3) is 0 Å². The SMILES string of the molecule is NC(=O)N(C(=O)c1c(F)cccc1F)c1cc(Cl)c(Oc2ncc(Cl)cc2Cl)c(Cl)c1. The van der Waals surface area contributed by atoms with Crippen molar-refractivity contribution < 1.29 is 23.1 Å². The van der Waals surface area contributed by atoms with Gasteiger partial charge in [-0.25, -0.2) is 23.5 Å². The molecule has 0 radical (unpaired) electrons. The van der Waals surface area contributed by atoms with Crippen molar-refractivity contribution in [3.63, 3.8) is 0 Å². The number of urea groups is 1. The van der Waals surface area contributed by atoms with Crippen LogP contribution in [-0.4, -0.2) is 16.9 Å². The van der Waals surface area contributed by atoms with Crippen LogP contribution in [0.2, 0.25) is 20.1 Å². The van der Waals surface area contributed by atoms with Crippen LogP contribution in [-0.2, 0) is 0 Å². The maximum absolute atomic E-state index is 14.0. The van der Waals surface area contributed by atoms with E-state index in [-0.39, 0.29) is 37.4 Å². The van der Waals surface area contributed by atoms with E-state index in [0.29, 0.717) is 4.90 Å². The number of anilines is 1. The van der Waals surface area contributed by atoms with Crippen molar-refractivity contribution in [2.24, 2.45) is 5.73 Å². The number of carbonyl (C=O) groups is 2. The van der Waals surface area contributed by atoms with E-state index < -0.39 is 29.1 Å². The van der Waals surface area contributed by atoms with Crippen molar-refractivity contribution in [1.82, 2.24) is 4.98 Å². The molecule has 0 unspecified atom stereocenters. The van der Waals surface area contributed by atoms with E-state index in [4.69, 9.17) is 56.9 Å². The van der Waals surface area contributed by atoms with Gasteiger partial charge in [-0.2, -0.15) is 0 Å². The van der Waals surface area contributed by atoms with Crippen LogP contribution in [0, 0.1) is 11.6 Å². The molecule has 3 aromatic rings. The minimum Gasteiger partial charge on any atom is -0.434 e. The van der Waals surface area contributed by atoms with Gasteiger partial charge in [-0.05, 0) is 30.3 Å². The standard InChI is InChI=1S/C19H9Cl4F2N3O3/c20-8-4-12(23)17(27-7-8)31-16-10(21)5-9(6-11(16)22)28(19(26)30)18(29)15-13(24)2-1-3-14(15)25/h1-7H,(H2,26,30). The Hall–Kier alpha value is -2.65. The van der Waals surface area contributed by atoms with Gasteiger partial charge in [0.15, 0.2) is 5.75 Å². The lowest BCUT2D eigenvalue weighted by Gasteiger charge is -2.21. The van der Waals surface area contributed by atoms with E-state index in [1.807, 2.05) is 0 Å². The first kappa shape index (κ1) is 23.0. The fourth-order valence-electron chi connectivity index (χ4n) is 2.51. The zero-order valence-corrected chi connectivity index (χ0v) is 18.0. The van der Waals surface area contributed by atoms with Crippen molar-refractivity contribution in [2.45, 2.75) is 0 Å². The maximum Gasteiger partial charge on any atom is 0.326 e. The Morgan fingerprint density at radius 2 is 1.55 bits per heavy atom. The van der Waals surface area contributed by atoms with Crippen molar-refractivity contribution in [3.8, 4) is 11.6 Å². The fourth-order valence-corrected chi connectivity index (χ4v) is 3.48. The summed E-state index contributed by atoms with van der Waals surface area (Å²) in [4.78, 5) is 28.8. The summed E-state index contributed by atoms with van der Waals surface area (Å²) in [6.45, 7) is 0. The molecule has 6 nitrogen and oxygen atoms in total. The Bertz CT molecular complexity index is 1170. The quantitative estimate of drug-likeness (QED) is 0.438. The molecule has 2 N–H and O–H groups in total.